The number of phenols is 1. The molecule has 0 atom stereocenters. The van der Waals surface area contributed by atoms with E-state index in [4.69, 9.17) is 0 Å². The van der Waals surface area contributed by atoms with Gasteiger partial charge in [0.25, 0.3) is 0 Å². The number of amides is 1. The van der Waals surface area contributed by atoms with Gasteiger partial charge in [-0.15, -0.1) is 0 Å². The van der Waals surface area contributed by atoms with Gasteiger partial charge in [0.1, 0.15) is 5.75 Å². The number of benzene rings is 3. The van der Waals surface area contributed by atoms with Crippen LogP contribution < -0.4 is 5.32 Å². The van der Waals surface area contributed by atoms with Crippen LogP contribution >= 0.6 is 0 Å². The molecule has 2 N–H and O–H groups in total. The summed E-state index contributed by atoms with van der Waals surface area (Å²) in [6, 6.07) is 21.2. The highest BCUT2D eigenvalue weighted by Gasteiger charge is 2.10. The topological polar surface area (TPSA) is 62.2 Å². The van der Waals surface area contributed by atoms with Crippen molar-refractivity contribution in [2.75, 3.05) is 5.32 Å². The second-order valence-electron chi connectivity index (χ2n) is 6.57. The fraction of sp³-hybridized carbons (Fsp3) is 0.130. The van der Waals surface area contributed by atoms with E-state index in [0.717, 1.165) is 32.9 Å². The lowest BCUT2D eigenvalue weighted by Crippen LogP contribution is -2.12. The molecule has 0 aliphatic carbocycles. The first-order valence-electron chi connectivity index (χ1n) is 9.05. The monoisotopic (exact) mass is 356 g/mol. The van der Waals surface area contributed by atoms with E-state index in [-0.39, 0.29) is 11.7 Å². The highest BCUT2D eigenvalue weighted by atomic mass is 16.3. The number of anilines is 1. The van der Waals surface area contributed by atoms with Crippen LogP contribution in [0, 0.1) is 0 Å². The third kappa shape index (κ3) is 3.60. The quantitative estimate of drug-likeness (QED) is 0.526. The smallest absolute Gasteiger partial charge is 0.224 e. The van der Waals surface area contributed by atoms with Crippen LogP contribution in [0.2, 0.25) is 0 Å². The van der Waals surface area contributed by atoms with Gasteiger partial charge in [-0.3, -0.25) is 9.78 Å². The van der Waals surface area contributed by atoms with Crippen LogP contribution in [0.3, 0.4) is 0 Å². The Hall–Kier alpha value is -3.40. The normalized spacial score (nSPS) is 11.0. The first-order chi connectivity index (χ1) is 13.2. The Balaban J connectivity index is 1.44. The van der Waals surface area contributed by atoms with E-state index in [2.05, 4.69) is 10.3 Å². The van der Waals surface area contributed by atoms with Crippen molar-refractivity contribution in [3.8, 4) is 5.75 Å². The van der Waals surface area contributed by atoms with E-state index < -0.39 is 0 Å². The number of pyridine rings is 1. The van der Waals surface area contributed by atoms with Gasteiger partial charge in [-0.25, -0.2) is 0 Å². The molecule has 0 aliphatic rings. The van der Waals surface area contributed by atoms with E-state index >= 15 is 0 Å². The minimum atomic E-state index is -0.0483. The van der Waals surface area contributed by atoms with Crippen molar-refractivity contribution in [3.63, 3.8) is 0 Å². The molecule has 3 aromatic carbocycles. The lowest BCUT2D eigenvalue weighted by molar-refractivity contribution is -0.116. The van der Waals surface area contributed by atoms with Crippen LogP contribution in [0.25, 0.3) is 21.7 Å². The van der Waals surface area contributed by atoms with Gasteiger partial charge in [0.15, 0.2) is 0 Å². The summed E-state index contributed by atoms with van der Waals surface area (Å²) in [6.45, 7) is 0. The maximum Gasteiger partial charge on any atom is 0.224 e. The minimum absolute atomic E-state index is 0.0483. The highest BCUT2D eigenvalue weighted by Crippen LogP contribution is 2.28. The zero-order valence-electron chi connectivity index (χ0n) is 14.9. The number of rotatable bonds is 5. The summed E-state index contributed by atoms with van der Waals surface area (Å²) in [6.07, 6.45) is 3.41. The summed E-state index contributed by atoms with van der Waals surface area (Å²) in [4.78, 5) is 16.8. The van der Waals surface area contributed by atoms with E-state index in [1.165, 1.54) is 0 Å². The molecule has 4 heteroatoms. The zero-order chi connectivity index (χ0) is 18.6. The number of aromatic hydroxyl groups is 1. The maximum atomic E-state index is 12.4. The molecule has 0 aliphatic heterocycles. The minimum Gasteiger partial charge on any atom is -0.508 e. The van der Waals surface area contributed by atoms with Crippen LogP contribution in [0.5, 0.6) is 5.75 Å². The Morgan fingerprint density at radius 2 is 1.74 bits per heavy atom. The number of carbonyl (C=O) groups excluding carboxylic acids is 1. The number of fused-ring (bicyclic) bond motifs is 2. The molecule has 1 heterocycles. The number of nitrogens with zero attached hydrogens (tertiary/aromatic N) is 1. The van der Waals surface area contributed by atoms with E-state index in [0.29, 0.717) is 19.3 Å². The van der Waals surface area contributed by atoms with Crippen LogP contribution in [0.1, 0.15) is 18.4 Å². The Bertz CT molecular complexity index is 1120. The number of hydrogen-bond donors (Lipinski definition) is 2. The average Bonchev–Trinajstić information content (AvgIpc) is 2.70. The molecule has 0 radical (unpaired) electrons. The number of aromatic nitrogens is 1. The van der Waals surface area contributed by atoms with Crippen LogP contribution in [0.4, 0.5) is 5.69 Å². The predicted molar refractivity (Wildman–Crippen MR) is 109 cm³/mol. The first-order valence-corrected chi connectivity index (χ1v) is 9.05. The fourth-order valence-corrected chi connectivity index (χ4v) is 3.43. The van der Waals surface area contributed by atoms with Gasteiger partial charge in [-0.2, -0.15) is 0 Å². The molecular formula is C23H20N2O2. The summed E-state index contributed by atoms with van der Waals surface area (Å²) < 4.78 is 0. The molecule has 4 rings (SSSR count). The number of phenolic OH excluding ortho intramolecular Hbond substituents is 1. The first kappa shape index (κ1) is 17.0. The number of aryl methyl sites for hydroxylation is 1. The standard InChI is InChI=1S/C23H20N2O2/c26-21-14-13-16-6-1-2-9-18(16)19(21)10-4-12-22(27)25-20-11-3-7-17-8-5-15-24-23(17)20/h1-3,5-9,11,13-15,26H,4,10,12H2,(H,25,27). The Morgan fingerprint density at radius 1 is 0.926 bits per heavy atom. The molecule has 4 nitrogen and oxygen atoms in total. The summed E-state index contributed by atoms with van der Waals surface area (Å²) in [5, 5.41) is 16.3. The summed E-state index contributed by atoms with van der Waals surface area (Å²) in [5.74, 6) is 0.236. The van der Waals surface area contributed by atoms with Crippen molar-refractivity contribution >= 4 is 33.3 Å². The molecule has 4 aromatic rings. The number of para-hydroxylation sites is 1. The molecule has 0 spiro atoms. The van der Waals surface area contributed by atoms with Crippen molar-refractivity contribution in [3.05, 3.63) is 78.5 Å². The van der Waals surface area contributed by atoms with E-state index in [1.807, 2.05) is 60.7 Å². The number of nitrogens with one attached hydrogen (secondary N) is 1. The predicted octanol–water partition coefficient (Wildman–Crippen LogP) is 5.06. The Kier molecular flexibility index (Phi) is 4.71. The van der Waals surface area contributed by atoms with Gasteiger partial charge >= 0.3 is 0 Å². The largest absolute Gasteiger partial charge is 0.508 e. The number of hydrogen-bond acceptors (Lipinski definition) is 3. The van der Waals surface area contributed by atoms with Crippen molar-refractivity contribution in [2.45, 2.75) is 19.3 Å². The van der Waals surface area contributed by atoms with E-state index in [1.54, 1.807) is 12.3 Å². The van der Waals surface area contributed by atoms with E-state index in [9.17, 15) is 9.90 Å². The van der Waals surface area contributed by atoms with Gasteiger partial charge in [0.05, 0.1) is 11.2 Å². The average molecular weight is 356 g/mol. The third-order valence-corrected chi connectivity index (χ3v) is 4.75. The SMILES string of the molecule is O=C(CCCc1c(O)ccc2ccccc12)Nc1cccc2cccnc12. The van der Waals surface area contributed by atoms with Gasteiger partial charge in [0.2, 0.25) is 5.91 Å². The summed E-state index contributed by atoms with van der Waals surface area (Å²) in [5.41, 5.74) is 2.42. The molecule has 0 unspecified atom stereocenters. The van der Waals surface area contributed by atoms with Crippen LogP contribution in [0.15, 0.2) is 72.9 Å². The fourth-order valence-electron chi connectivity index (χ4n) is 3.43. The molecule has 0 bridgehead atoms. The molecule has 27 heavy (non-hydrogen) atoms. The van der Waals surface area contributed by atoms with Crippen LogP contribution in [-0.4, -0.2) is 16.0 Å². The summed E-state index contributed by atoms with van der Waals surface area (Å²) >= 11 is 0. The van der Waals surface area contributed by atoms with Gasteiger partial charge in [-0.05, 0) is 41.8 Å². The second kappa shape index (κ2) is 7.46. The second-order valence-corrected chi connectivity index (χ2v) is 6.57. The lowest BCUT2D eigenvalue weighted by Gasteiger charge is -2.10. The number of carbonyl (C=O) groups is 1. The molecule has 0 fully saturated rings. The van der Waals surface area contributed by atoms with Crippen molar-refractivity contribution < 1.29 is 9.90 Å². The molecule has 0 saturated heterocycles. The Morgan fingerprint density at radius 3 is 2.67 bits per heavy atom. The Labute approximate surface area is 157 Å². The molecule has 0 saturated carbocycles. The lowest BCUT2D eigenvalue weighted by atomic mass is 9.99. The zero-order valence-corrected chi connectivity index (χ0v) is 14.9. The van der Waals surface area contributed by atoms with Crippen molar-refractivity contribution in [1.29, 1.82) is 0 Å². The molecule has 1 amide bonds. The maximum absolute atomic E-state index is 12.4. The van der Waals surface area contributed by atoms with Gasteiger partial charge < -0.3 is 10.4 Å². The molecule has 1 aromatic heterocycles. The van der Waals surface area contributed by atoms with Gasteiger partial charge in [-0.1, -0.05) is 48.5 Å². The molecule has 134 valence electrons. The van der Waals surface area contributed by atoms with Crippen LogP contribution in [-0.2, 0) is 11.2 Å². The summed E-state index contributed by atoms with van der Waals surface area (Å²) in [7, 11) is 0. The van der Waals surface area contributed by atoms with Crippen molar-refractivity contribution in [1.82, 2.24) is 4.98 Å². The van der Waals surface area contributed by atoms with Gasteiger partial charge in [0, 0.05) is 23.6 Å². The third-order valence-electron chi connectivity index (χ3n) is 4.75. The van der Waals surface area contributed by atoms with Crippen molar-refractivity contribution in [2.24, 2.45) is 0 Å². The highest BCUT2D eigenvalue weighted by molar-refractivity contribution is 6.00. The molecular weight excluding hydrogens is 336 g/mol.